The van der Waals surface area contributed by atoms with Crippen LogP contribution in [0.3, 0.4) is 0 Å². The first-order chi connectivity index (χ1) is 12.8. The molecule has 0 amide bonds. The maximum Gasteiger partial charge on any atom is 0.0865 e. The Kier molecular flexibility index (Phi) is 5.18. The smallest absolute Gasteiger partial charge is 0.0865 e. The predicted molar refractivity (Wildman–Crippen MR) is 111 cm³/mol. The normalized spacial score (nSPS) is 16.9. The molecule has 26 heavy (non-hydrogen) atoms. The van der Waals surface area contributed by atoms with E-state index in [2.05, 4.69) is 70.0 Å². The summed E-state index contributed by atoms with van der Waals surface area (Å²) < 4.78 is 2.47. The second-order valence-corrected chi connectivity index (χ2v) is 7.49. The molecule has 1 saturated heterocycles. The van der Waals surface area contributed by atoms with Gasteiger partial charge in [-0.3, -0.25) is 4.90 Å². The number of halogens is 1. The topological polar surface area (TPSA) is 11.4 Å². The fourth-order valence-electron chi connectivity index (χ4n) is 4.05. The van der Waals surface area contributed by atoms with E-state index >= 15 is 0 Å². The molecule has 3 aromatic rings. The number of benzene rings is 2. The third kappa shape index (κ3) is 3.46. The van der Waals surface area contributed by atoms with Gasteiger partial charge in [-0.2, -0.15) is 0 Å². The van der Waals surface area contributed by atoms with Gasteiger partial charge in [0.05, 0.1) is 6.17 Å². The number of piperazine rings is 1. The number of para-hydroxylation sites is 1. The molecule has 1 aromatic heterocycles. The fourth-order valence-corrected chi connectivity index (χ4v) is 4.18. The quantitative estimate of drug-likeness (QED) is 0.596. The molecule has 4 rings (SSSR count). The highest BCUT2D eigenvalue weighted by atomic mass is 35.5. The molecule has 0 aliphatic carbocycles. The molecule has 1 aliphatic heterocycles. The zero-order valence-electron chi connectivity index (χ0n) is 15.3. The van der Waals surface area contributed by atoms with E-state index in [4.69, 9.17) is 11.6 Å². The number of nitrogens with zero attached hydrogens (tertiary/aromatic N) is 3. The first kappa shape index (κ1) is 17.4. The van der Waals surface area contributed by atoms with Crippen LogP contribution < -0.4 is 4.90 Å². The fraction of sp³-hybridized carbons (Fsp3) is 0.364. The molecule has 0 saturated carbocycles. The average molecular weight is 368 g/mol. The lowest BCUT2D eigenvalue weighted by molar-refractivity contribution is 0.125. The molecule has 1 aliphatic rings. The predicted octanol–water partition coefficient (Wildman–Crippen LogP) is 5.42. The van der Waals surface area contributed by atoms with Crippen LogP contribution in [0, 0.1) is 0 Å². The van der Waals surface area contributed by atoms with Gasteiger partial charge in [-0.15, -0.1) is 0 Å². The molecule has 4 heteroatoms. The van der Waals surface area contributed by atoms with Gasteiger partial charge in [-0.25, -0.2) is 0 Å². The van der Waals surface area contributed by atoms with Gasteiger partial charge in [0.2, 0.25) is 0 Å². The van der Waals surface area contributed by atoms with Crippen molar-refractivity contribution >= 4 is 28.2 Å². The number of aromatic nitrogens is 1. The Morgan fingerprint density at radius 1 is 0.923 bits per heavy atom. The van der Waals surface area contributed by atoms with Crippen molar-refractivity contribution in [3.8, 4) is 0 Å². The van der Waals surface area contributed by atoms with Crippen molar-refractivity contribution in [2.24, 2.45) is 0 Å². The number of hydrogen-bond acceptors (Lipinski definition) is 2. The monoisotopic (exact) mass is 367 g/mol. The molecular weight excluding hydrogens is 342 g/mol. The van der Waals surface area contributed by atoms with Gasteiger partial charge in [0.15, 0.2) is 0 Å². The summed E-state index contributed by atoms with van der Waals surface area (Å²) in [5.41, 5.74) is 2.61. The maximum absolute atomic E-state index is 6.03. The van der Waals surface area contributed by atoms with Gasteiger partial charge < -0.3 is 9.47 Å². The van der Waals surface area contributed by atoms with Crippen LogP contribution in [0.1, 0.15) is 25.9 Å². The molecule has 1 unspecified atom stereocenters. The summed E-state index contributed by atoms with van der Waals surface area (Å²) in [5, 5.41) is 2.13. The zero-order valence-corrected chi connectivity index (χ0v) is 16.1. The minimum atomic E-state index is 0.437. The van der Waals surface area contributed by atoms with E-state index in [1.165, 1.54) is 29.4 Å². The minimum Gasteiger partial charge on any atom is -0.369 e. The van der Waals surface area contributed by atoms with E-state index in [1.54, 1.807) is 0 Å². The number of rotatable bonds is 5. The molecule has 0 bridgehead atoms. The molecular formula is C22H26ClN3. The van der Waals surface area contributed by atoms with Crippen molar-refractivity contribution in [3.63, 3.8) is 0 Å². The van der Waals surface area contributed by atoms with E-state index in [9.17, 15) is 0 Å². The van der Waals surface area contributed by atoms with Crippen molar-refractivity contribution in [2.45, 2.75) is 25.9 Å². The highest BCUT2D eigenvalue weighted by molar-refractivity contribution is 6.30. The summed E-state index contributed by atoms with van der Waals surface area (Å²) >= 11 is 6.03. The molecule has 0 spiro atoms. The van der Waals surface area contributed by atoms with Gasteiger partial charge in [-0.05, 0) is 48.2 Å². The standard InChI is InChI=1S/C22H26ClN3/c1-2-5-22(26-13-12-18-6-3-4-7-21(18)26)25-16-14-24(15-17-25)20-10-8-19(23)9-11-20/h3-4,6-13,22H,2,5,14-17H2,1H3. The van der Waals surface area contributed by atoms with Crippen LogP contribution in [0.4, 0.5) is 5.69 Å². The Morgan fingerprint density at radius 2 is 1.65 bits per heavy atom. The highest BCUT2D eigenvalue weighted by Gasteiger charge is 2.25. The number of hydrogen-bond donors (Lipinski definition) is 0. The molecule has 136 valence electrons. The summed E-state index contributed by atoms with van der Waals surface area (Å²) in [7, 11) is 0. The van der Waals surface area contributed by atoms with E-state index in [0.29, 0.717) is 6.17 Å². The van der Waals surface area contributed by atoms with Crippen molar-refractivity contribution in [1.29, 1.82) is 0 Å². The largest absolute Gasteiger partial charge is 0.369 e. The van der Waals surface area contributed by atoms with Crippen LogP contribution in [-0.2, 0) is 0 Å². The Bertz CT molecular complexity index is 847. The average Bonchev–Trinajstić information content (AvgIpc) is 3.11. The highest BCUT2D eigenvalue weighted by Crippen LogP contribution is 2.28. The Labute approximate surface area is 160 Å². The lowest BCUT2D eigenvalue weighted by Gasteiger charge is -2.41. The molecule has 2 heterocycles. The van der Waals surface area contributed by atoms with Crippen LogP contribution in [0.5, 0.6) is 0 Å². The van der Waals surface area contributed by atoms with Crippen LogP contribution in [0.15, 0.2) is 60.8 Å². The van der Waals surface area contributed by atoms with Gasteiger partial charge >= 0.3 is 0 Å². The zero-order chi connectivity index (χ0) is 17.9. The van der Waals surface area contributed by atoms with Crippen LogP contribution in [0.2, 0.25) is 5.02 Å². The Morgan fingerprint density at radius 3 is 2.38 bits per heavy atom. The first-order valence-corrected chi connectivity index (χ1v) is 9.94. The van der Waals surface area contributed by atoms with Crippen molar-refractivity contribution in [3.05, 3.63) is 65.8 Å². The minimum absolute atomic E-state index is 0.437. The second kappa shape index (κ2) is 7.73. The molecule has 0 N–H and O–H groups in total. The van der Waals surface area contributed by atoms with Gasteiger partial charge in [0.25, 0.3) is 0 Å². The molecule has 1 atom stereocenters. The molecule has 1 fully saturated rings. The SMILES string of the molecule is CCCC(N1CCN(c2ccc(Cl)cc2)CC1)n1ccc2ccccc21. The van der Waals surface area contributed by atoms with Crippen molar-refractivity contribution in [2.75, 3.05) is 31.1 Å². The van der Waals surface area contributed by atoms with Crippen LogP contribution in [-0.4, -0.2) is 35.6 Å². The summed E-state index contributed by atoms with van der Waals surface area (Å²) in [5.74, 6) is 0. The van der Waals surface area contributed by atoms with Gasteiger partial charge in [0.1, 0.15) is 0 Å². The Balaban J connectivity index is 1.51. The number of fused-ring (bicyclic) bond motifs is 1. The van der Waals surface area contributed by atoms with E-state index in [0.717, 1.165) is 31.2 Å². The number of anilines is 1. The first-order valence-electron chi connectivity index (χ1n) is 9.56. The third-order valence-electron chi connectivity index (χ3n) is 5.43. The van der Waals surface area contributed by atoms with Gasteiger partial charge in [-0.1, -0.05) is 43.1 Å². The molecule has 2 aromatic carbocycles. The second-order valence-electron chi connectivity index (χ2n) is 7.05. The van der Waals surface area contributed by atoms with E-state index in [1.807, 2.05) is 12.1 Å². The summed E-state index contributed by atoms with van der Waals surface area (Å²) in [4.78, 5) is 5.10. The van der Waals surface area contributed by atoms with E-state index < -0.39 is 0 Å². The van der Waals surface area contributed by atoms with Gasteiger partial charge in [0, 0.05) is 48.6 Å². The summed E-state index contributed by atoms with van der Waals surface area (Å²) in [6.07, 6.45) is 5.07. The lowest BCUT2D eigenvalue weighted by Crippen LogP contribution is -2.48. The van der Waals surface area contributed by atoms with Crippen LogP contribution in [0.25, 0.3) is 10.9 Å². The third-order valence-corrected chi connectivity index (χ3v) is 5.68. The van der Waals surface area contributed by atoms with Crippen molar-refractivity contribution in [1.82, 2.24) is 9.47 Å². The molecule has 0 radical (unpaired) electrons. The lowest BCUT2D eigenvalue weighted by atomic mass is 10.2. The summed E-state index contributed by atoms with van der Waals surface area (Å²) in [6.45, 7) is 6.56. The maximum atomic E-state index is 6.03. The molecule has 3 nitrogen and oxygen atoms in total. The van der Waals surface area contributed by atoms with E-state index in [-0.39, 0.29) is 0 Å². The van der Waals surface area contributed by atoms with Crippen LogP contribution >= 0.6 is 11.6 Å². The van der Waals surface area contributed by atoms with Crippen molar-refractivity contribution < 1.29 is 0 Å². The summed E-state index contributed by atoms with van der Waals surface area (Å²) in [6, 6.07) is 19.1. The Hall–Kier alpha value is -1.97.